The van der Waals surface area contributed by atoms with Crippen LogP contribution in [-0.2, 0) is 0 Å². The molecule has 0 bridgehead atoms. The van der Waals surface area contributed by atoms with Gasteiger partial charge >= 0.3 is 0 Å². The van der Waals surface area contributed by atoms with Crippen molar-refractivity contribution in [3.63, 3.8) is 0 Å². The van der Waals surface area contributed by atoms with Crippen LogP contribution in [0.3, 0.4) is 0 Å². The van der Waals surface area contributed by atoms with E-state index >= 15 is 0 Å². The van der Waals surface area contributed by atoms with Crippen molar-refractivity contribution in [1.82, 2.24) is 4.90 Å². The molecule has 0 aliphatic heterocycles. The Labute approximate surface area is 122 Å². The van der Waals surface area contributed by atoms with Gasteiger partial charge in [-0.1, -0.05) is 18.2 Å². The highest BCUT2D eigenvalue weighted by Gasteiger charge is 2.29. The number of benzene rings is 1. The molecule has 0 atom stereocenters. The standard InChI is InChI=1S/C15H16ClNOS/c1-17(9-10-6-12(16)7-10)15(18)14-8-11-4-2-3-5-13(11)19-14/h2-5,8,10,12H,6-7,9H2,1H3. The van der Waals surface area contributed by atoms with Crippen LogP contribution < -0.4 is 0 Å². The summed E-state index contributed by atoms with van der Waals surface area (Å²) in [6, 6.07) is 10.1. The first kappa shape index (κ1) is 12.9. The van der Waals surface area contributed by atoms with Gasteiger partial charge in [-0.05, 0) is 36.3 Å². The number of alkyl halides is 1. The van der Waals surface area contributed by atoms with Crippen LogP contribution in [-0.4, -0.2) is 29.8 Å². The second kappa shape index (κ2) is 5.14. The summed E-state index contributed by atoms with van der Waals surface area (Å²) in [5.74, 6) is 0.699. The molecular formula is C15H16ClNOS. The summed E-state index contributed by atoms with van der Waals surface area (Å²) in [5.41, 5.74) is 0. The molecule has 0 radical (unpaired) electrons. The number of hydrogen-bond donors (Lipinski definition) is 0. The van der Waals surface area contributed by atoms with Crippen molar-refractivity contribution in [2.24, 2.45) is 5.92 Å². The van der Waals surface area contributed by atoms with Crippen LogP contribution >= 0.6 is 22.9 Å². The number of thiophene rings is 1. The molecule has 1 aromatic heterocycles. The molecule has 1 heterocycles. The first-order valence-corrected chi connectivity index (χ1v) is 7.77. The maximum Gasteiger partial charge on any atom is 0.263 e. The topological polar surface area (TPSA) is 20.3 Å². The minimum atomic E-state index is 0.124. The second-order valence-electron chi connectivity index (χ2n) is 5.27. The van der Waals surface area contributed by atoms with E-state index in [1.165, 1.54) is 4.70 Å². The zero-order chi connectivity index (χ0) is 13.4. The molecule has 1 aliphatic carbocycles. The quantitative estimate of drug-likeness (QED) is 0.784. The normalized spacial score (nSPS) is 22.2. The first-order chi connectivity index (χ1) is 9.13. The SMILES string of the molecule is CN(CC1CC(Cl)C1)C(=O)c1cc2ccccc2s1. The molecule has 2 nitrogen and oxygen atoms in total. The predicted molar refractivity (Wildman–Crippen MR) is 81.2 cm³/mol. The van der Waals surface area contributed by atoms with Crippen LogP contribution in [0, 0.1) is 5.92 Å². The third kappa shape index (κ3) is 2.63. The lowest BCUT2D eigenvalue weighted by atomic mass is 9.84. The molecule has 4 heteroatoms. The van der Waals surface area contributed by atoms with E-state index in [4.69, 9.17) is 11.6 Å². The van der Waals surface area contributed by atoms with Gasteiger partial charge < -0.3 is 4.90 Å². The van der Waals surface area contributed by atoms with Crippen molar-refractivity contribution in [1.29, 1.82) is 0 Å². The molecule has 0 spiro atoms. The molecule has 1 fully saturated rings. The number of amides is 1. The van der Waals surface area contributed by atoms with Crippen LogP contribution in [0.2, 0.25) is 0 Å². The molecule has 19 heavy (non-hydrogen) atoms. The van der Waals surface area contributed by atoms with E-state index < -0.39 is 0 Å². The van der Waals surface area contributed by atoms with Gasteiger partial charge in [0.05, 0.1) is 4.88 Å². The van der Waals surface area contributed by atoms with Crippen LogP contribution in [0.15, 0.2) is 30.3 Å². The van der Waals surface area contributed by atoms with Crippen molar-refractivity contribution in [3.05, 3.63) is 35.2 Å². The molecule has 0 N–H and O–H groups in total. The zero-order valence-electron chi connectivity index (χ0n) is 10.8. The molecule has 1 amide bonds. The fourth-order valence-corrected chi connectivity index (χ4v) is 4.11. The number of carbonyl (C=O) groups is 1. The fraction of sp³-hybridized carbons (Fsp3) is 0.400. The Morgan fingerprint density at radius 2 is 2.16 bits per heavy atom. The smallest absolute Gasteiger partial charge is 0.263 e. The van der Waals surface area contributed by atoms with Crippen molar-refractivity contribution < 1.29 is 4.79 Å². The molecule has 0 saturated heterocycles. The molecule has 1 aromatic carbocycles. The van der Waals surface area contributed by atoms with E-state index in [0.29, 0.717) is 11.3 Å². The van der Waals surface area contributed by atoms with E-state index in [-0.39, 0.29) is 5.91 Å². The molecule has 3 rings (SSSR count). The molecular weight excluding hydrogens is 278 g/mol. The van der Waals surface area contributed by atoms with Gasteiger partial charge in [-0.3, -0.25) is 4.79 Å². The monoisotopic (exact) mass is 293 g/mol. The van der Waals surface area contributed by atoms with Crippen molar-refractivity contribution in [3.8, 4) is 0 Å². The number of hydrogen-bond acceptors (Lipinski definition) is 2. The lowest BCUT2D eigenvalue weighted by Gasteiger charge is -2.33. The van der Waals surface area contributed by atoms with Gasteiger partial charge in [-0.2, -0.15) is 0 Å². The maximum absolute atomic E-state index is 12.4. The number of nitrogens with zero attached hydrogens (tertiary/aromatic N) is 1. The average molecular weight is 294 g/mol. The summed E-state index contributed by atoms with van der Waals surface area (Å²) in [7, 11) is 1.88. The van der Waals surface area contributed by atoms with Gasteiger partial charge in [0.15, 0.2) is 0 Å². The molecule has 1 aliphatic rings. The first-order valence-electron chi connectivity index (χ1n) is 6.51. The number of rotatable bonds is 3. The summed E-state index contributed by atoms with van der Waals surface area (Å²) < 4.78 is 1.17. The highest BCUT2D eigenvalue weighted by molar-refractivity contribution is 7.20. The molecule has 100 valence electrons. The van der Waals surface area contributed by atoms with Crippen LogP contribution in [0.5, 0.6) is 0 Å². The van der Waals surface area contributed by atoms with Crippen molar-refractivity contribution >= 4 is 38.9 Å². The predicted octanol–water partition coefficient (Wildman–Crippen LogP) is 3.99. The van der Waals surface area contributed by atoms with Gasteiger partial charge in [0, 0.05) is 23.7 Å². The second-order valence-corrected chi connectivity index (χ2v) is 6.97. The zero-order valence-corrected chi connectivity index (χ0v) is 12.4. The lowest BCUT2D eigenvalue weighted by molar-refractivity contribution is 0.0752. The molecule has 2 aromatic rings. The van der Waals surface area contributed by atoms with Gasteiger partial charge in [0.2, 0.25) is 0 Å². The third-order valence-corrected chi connectivity index (χ3v) is 5.15. The van der Waals surface area contributed by atoms with Crippen LogP contribution in [0.1, 0.15) is 22.5 Å². The highest BCUT2D eigenvalue weighted by atomic mass is 35.5. The van der Waals surface area contributed by atoms with E-state index in [9.17, 15) is 4.79 Å². The maximum atomic E-state index is 12.4. The Hall–Kier alpha value is -1.06. The van der Waals surface area contributed by atoms with Crippen molar-refractivity contribution in [2.75, 3.05) is 13.6 Å². The minimum absolute atomic E-state index is 0.124. The largest absolute Gasteiger partial charge is 0.341 e. The Balaban J connectivity index is 1.71. The summed E-state index contributed by atoms with van der Waals surface area (Å²) in [5, 5.41) is 1.46. The summed E-state index contributed by atoms with van der Waals surface area (Å²) in [4.78, 5) is 15.0. The summed E-state index contributed by atoms with van der Waals surface area (Å²) >= 11 is 7.55. The minimum Gasteiger partial charge on any atom is -0.341 e. The Kier molecular flexibility index (Phi) is 3.50. The number of carbonyl (C=O) groups excluding carboxylic acids is 1. The Morgan fingerprint density at radius 1 is 1.42 bits per heavy atom. The van der Waals surface area contributed by atoms with E-state index in [0.717, 1.165) is 29.6 Å². The van der Waals surface area contributed by atoms with Gasteiger partial charge in [0.1, 0.15) is 0 Å². The van der Waals surface area contributed by atoms with E-state index in [1.807, 2.05) is 36.2 Å². The molecule has 0 unspecified atom stereocenters. The fourth-order valence-electron chi connectivity index (χ4n) is 2.55. The summed E-state index contributed by atoms with van der Waals surface area (Å²) in [6.45, 7) is 0.816. The number of fused-ring (bicyclic) bond motifs is 1. The van der Waals surface area contributed by atoms with Gasteiger partial charge in [-0.15, -0.1) is 22.9 Å². The highest BCUT2D eigenvalue weighted by Crippen LogP contribution is 2.33. The van der Waals surface area contributed by atoms with Gasteiger partial charge in [0.25, 0.3) is 5.91 Å². The van der Waals surface area contributed by atoms with Crippen molar-refractivity contribution in [2.45, 2.75) is 18.2 Å². The Morgan fingerprint density at radius 3 is 2.84 bits per heavy atom. The lowest BCUT2D eigenvalue weighted by Crippen LogP contribution is -2.37. The Bertz CT molecular complexity index is 570. The molecule has 1 saturated carbocycles. The third-order valence-electron chi connectivity index (χ3n) is 3.69. The van der Waals surface area contributed by atoms with Crippen LogP contribution in [0.4, 0.5) is 0 Å². The van der Waals surface area contributed by atoms with Crippen LogP contribution in [0.25, 0.3) is 10.1 Å². The van der Waals surface area contributed by atoms with E-state index in [2.05, 4.69) is 6.07 Å². The van der Waals surface area contributed by atoms with E-state index in [1.54, 1.807) is 11.3 Å². The average Bonchev–Trinajstić information content (AvgIpc) is 2.79. The van der Waals surface area contributed by atoms with Gasteiger partial charge in [-0.25, -0.2) is 0 Å². The number of halogens is 1. The summed E-state index contributed by atoms with van der Waals surface area (Å²) in [6.07, 6.45) is 2.07.